The molecule has 3 saturated heterocycles. The standard InChI is InChI=1S/C36H52O10/c1-36(2)45-32(17-30-15-28(20-34(37-3)43-30)41-24-39-22-26-11-7-5-8-12-26)19-33(46-36)18-31-16-29(21-35(38-4)44-31)42-25-40-23-27-13-9-6-10-14-27/h5-14,28-35H,15-25H2,1-4H3/t28-,29-,30-,31-,32-,33+,34?,35?/m0/s1. The summed E-state index contributed by atoms with van der Waals surface area (Å²) >= 11 is 0. The van der Waals surface area contributed by atoms with E-state index in [9.17, 15) is 0 Å². The Morgan fingerprint density at radius 1 is 0.587 bits per heavy atom. The molecule has 256 valence electrons. The van der Waals surface area contributed by atoms with Crippen LogP contribution in [0.15, 0.2) is 60.7 Å². The molecule has 0 radical (unpaired) electrons. The predicted octanol–water partition coefficient (Wildman–Crippen LogP) is 6.10. The third-order valence-electron chi connectivity index (χ3n) is 8.65. The number of ether oxygens (including phenoxy) is 10. The minimum atomic E-state index is -0.736. The van der Waals surface area contributed by atoms with E-state index in [1.165, 1.54) is 0 Å². The van der Waals surface area contributed by atoms with Gasteiger partial charge in [-0.1, -0.05) is 60.7 Å². The topological polar surface area (TPSA) is 92.3 Å². The smallest absolute Gasteiger partial charge is 0.163 e. The predicted molar refractivity (Wildman–Crippen MR) is 169 cm³/mol. The zero-order chi connectivity index (χ0) is 32.2. The third-order valence-corrected chi connectivity index (χ3v) is 8.65. The molecular formula is C36H52O10. The van der Waals surface area contributed by atoms with E-state index in [1.54, 1.807) is 14.2 Å². The van der Waals surface area contributed by atoms with E-state index in [4.69, 9.17) is 47.4 Å². The fourth-order valence-corrected chi connectivity index (χ4v) is 6.59. The van der Waals surface area contributed by atoms with E-state index >= 15 is 0 Å². The Kier molecular flexibility index (Phi) is 13.8. The normalized spacial score (nSPS) is 31.5. The van der Waals surface area contributed by atoms with E-state index in [0.717, 1.165) is 30.4 Å². The Balaban J connectivity index is 1.09. The van der Waals surface area contributed by atoms with Gasteiger partial charge in [0.1, 0.15) is 13.6 Å². The second kappa shape index (κ2) is 18.0. The van der Waals surface area contributed by atoms with Gasteiger partial charge < -0.3 is 47.4 Å². The molecule has 5 rings (SSSR count). The number of hydrogen-bond donors (Lipinski definition) is 0. The first-order chi connectivity index (χ1) is 22.4. The minimum absolute atomic E-state index is 0.0293. The van der Waals surface area contributed by atoms with Crippen molar-refractivity contribution in [3.05, 3.63) is 71.8 Å². The van der Waals surface area contributed by atoms with Crippen molar-refractivity contribution in [1.82, 2.24) is 0 Å². The van der Waals surface area contributed by atoms with Gasteiger partial charge in [0.05, 0.1) is 49.8 Å². The van der Waals surface area contributed by atoms with Crippen LogP contribution in [-0.2, 0) is 60.6 Å². The van der Waals surface area contributed by atoms with Gasteiger partial charge in [0, 0.05) is 59.2 Å². The molecule has 2 unspecified atom stereocenters. The highest BCUT2D eigenvalue weighted by Gasteiger charge is 2.41. The molecule has 0 bridgehead atoms. The second-order valence-corrected chi connectivity index (χ2v) is 12.9. The maximum absolute atomic E-state index is 6.40. The molecular weight excluding hydrogens is 592 g/mol. The molecule has 10 heteroatoms. The zero-order valence-corrected chi connectivity index (χ0v) is 27.8. The highest BCUT2D eigenvalue weighted by atomic mass is 16.7. The number of benzene rings is 2. The van der Waals surface area contributed by atoms with Crippen molar-refractivity contribution in [2.24, 2.45) is 0 Å². The van der Waals surface area contributed by atoms with Crippen LogP contribution in [0.25, 0.3) is 0 Å². The molecule has 46 heavy (non-hydrogen) atoms. The molecule has 10 nitrogen and oxygen atoms in total. The van der Waals surface area contributed by atoms with E-state index in [0.29, 0.717) is 38.9 Å². The first-order valence-electron chi connectivity index (χ1n) is 16.6. The monoisotopic (exact) mass is 644 g/mol. The van der Waals surface area contributed by atoms with Gasteiger partial charge in [0.15, 0.2) is 18.4 Å². The molecule has 2 aromatic rings. The average molecular weight is 645 g/mol. The van der Waals surface area contributed by atoms with Gasteiger partial charge in [0.25, 0.3) is 0 Å². The van der Waals surface area contributed by atoms with Crippen molar-refractivity contribution < 1.29 is 47.4 Å². The molecule has 3 fully saturated rings. The average Bonchev–Trinajstić information content (AvgIpc) is 3.05. The first kappa shape index (κ1) is 35.3. The van der Waals surface area contributed by atoms with Gasteiger partial charge in [-0.25, -0.2) is 0 Å². The van der Waals surface area contributed by atoms with Crippen molar-refractivity contribution >= 4 is 0 Å². The van der Waals surface area contributed by atoms with Crippen LogP contribution in [-0.4, -0.2) is 82.8 Å². The molecule has 3 heterocycles. The largest absolute Gasteiger partial charge is 0.356 e. The van der Waals surface area contributed by atoms with Crippen molar-refractivity contribution in [2.75, 3.05) is 27.8 Å². The first-order valence-corrected chi connectivity index (χ1v) is 16.6. The highest BCUT2D eigenvalue weighted by Crippen LogP contribution is 2.36. The number of hydrogen-bond acceptors (Lipinski definition) is 10. The van der Waals surface area contributed by atoms with Gasteiger partial charge in [-0.3, -0.25) is 0 Å². The molecule has 3 aliphatic rings. The molecule has 8 atom stereocenters. The van der Waals surface area contributed by atoms with E-state index < -0.39 is 5.79 Å². The summed E-state index contributed by atoms with van der Waals surface area (Å²) in [5.41, 5.74) is 2.23. The van der Waals surface area contributed by atoms with Gasteiger partial charge in [-0.2, -0.15) is 0 Å². The van der Waals surface area contributed by atoms with Crippen LogP contribution >= 0.6 is 0 Å². The van der Waals surface area contributed by atoms with Crippen molar-refractivity contribution in [3.63, 3.8) is 0 Å². The van der Waals surface area contributed by atoms with E-state index in [-0.39, 0.29) is 62.8 Å². The Bertz CT molecular complexity index is 1030. The summed E-state index contributed by atoms with van der Waals surface area (Å²) in [4.78, 5) is 0. The lowest BCUT2D eigenvalue weighted by Crippen LogP contribution is -2.49. The number of rotatable bonds is 16. The Morgan fingerprint density at radius 2 is 1.02 bits per heavy atom. The highest BCUT2D eigenvalue weighted by molar-refractivity contribution is 5.14. The summed E-state index contributed by atoms with van der Waals surface area (Å²) in [5.74, 6) is -0.736. The molecule has 0 aliphatic carbocycles. The molecule has 0 amide bonds. The van der Waals surface area contributed by atoms with Crippen molar-refractivity contribution in [2.45, 2.75) is 127 Å². The maximum atomic E-state index is 6.40. The quantitative estimate of drug-likeness (QED) is 0.158. The Labute approximate surface area is 273 Å². The Hall–Kier alpha value is -1.96. The summed E-state index contributed by atoms with van der Waals surface area (Å²) in [6.45, 7) is 5.41. The lowest BCUT2D eigenvalue weighted by Gasteiger charge is -2.44. The SMILES string of the molecule is COC1C[C@@H](OCOCc2ccccc2)C[C@@H](C[C@@H]2C[C@H](C[C@@H]3C[C@H](OCOCc4ccccc4)CC(OC)O3)OC(C)(C)O2)O1. The van der Waals surface area contributed by atoms with Gasteiger partial charge >= 0.3 is 0 Å². The minimum Gasteiger partial charge on any atom is -0.356 e. The molecule has 0 saturated carbocycles. The van der Waals surface area contributed by atoms with Crippen LogP contribution in [0.4, 0.5) is 0 Å². The van der Waals surface area contributed by atoms with Crippen molar-refractivity contribution in [3.8, 4) is 0 Å². The molecule has 3 aliphatic heterocycles. The van der Waals surface area contributed by atoms with E-state index in [2.05, 4.69) is 0 Å². The fraction of sp³-hybridized carbons (Fsp3) is 0.667. The van der Waals surface area contributed by atoms with Gasteiger partial charge in [-0.15, -0.1) is 0 Å². The van der Waals surface area contributed by atoms with Crippen LogP contribution in [0.3, 0.4) is 0 Å². The third kappa shape index (κ3) is 11.6. The molecule has 2 aromatic carbocycles. The van der Waals surface area contributed by atoms with Crippen LogP contribution in [0.5, 0.6) is 0 Å². The van der Waals surface area contributed by atoms with Crippen molar-refractivity contribution in [1.29, 1.82) is 0 Å². The molecule has 0 N–H and O–H groups in total. The zero-order valence-electron chi connectivity index (χ0n) is 27.8. The second-order valence-electron chi connectivity index (χ2n) is 12.9. The summed E-state index contributed by atoms with van der Waals surface area (Å²) < 4.78 is 60.4. The lowest BCUT2D eigenvalue weighted by atomic mass is 9.93. The summed E-state index contributed by atoms with van der Waals surface area (Å²) in [7, 11) is 3.34. The van der Waals surface area contributed by atoms with Crippen LogP contribution in [0, 0.1) is 0 Å². The van der Waals surface area contributed by atoms with E-state index in [1.807, 2.05) is 74.5 Å². The van der Waals surface area contributed by atoms with Crippen LogP contribution in [0.2, 0.25) is 0 Å². The lowest BCUT2D eigenvalue weighted by molar-refractivity contribution is -0.314. The van der Waals surface area contributed by atoms with Gasteiger partial charge in [0.2, 0.25) is 0 Å². The molecule has 0 aromatic heterocycles. The summed E-state index contributed by atoms with van der Waals surface area (Å²) in [6.07, 6.45) is 3.98. The van der Waals surface area contributed by atoms with Crippen LogP contribution in [0.1, 0.15) is 69.9 Å². The maximum Gasteiger partial charge on any atom is 0.163 e. The van der Waals surface area contributed by atoms with Crippen LogP contribution < -0.4 is 0 Å². The molecule has 0 spiro atoms. The summed E-state index contributed by atoms with van der Waals surface area (Å²) in [5, 5.41) is 0. The number of methoxy groups -OCH3 is 2. The fourth-order valence-electron chi connectivity index (χ4n) is 6.59. The Morgan fingerprint density at radius 3 is 1.43 bits per heavy atom. The van der Waals surface area contributed by atoms with Gasteiger partial charge in [-0.05, 0) is 25.0 Å². The summed E-state index contributed by atoms with van der Waals surface area (Å²) in [6, 6.07) is 20.2.